The zero-order valence-electron chi connectivity index (χ0n) is 9.24. The number of piperidine rings is 1. The quantitative estimate of drug-likeness (QED) is 0.702. The lowest BCUT2D eigenvalue weighted by Gasteiger charge is -2.27. The minimum Gasteiger partial charge on any atom is -0.342 e. The third-order valence-corrected chi connectivity index (χ3v) is 3.46. The Balaban J connectivity index is 1.83. The molecule has 0 aromatic carbocycles. The number of carbonyl (C=O) groups is 1. The van der Waals surface area contributed by atoms with Gasteiger partial charge in [-0.15, -0.1) is 6.58 Å². The second-order valence-corrected chi connectivity index (χ2v) is 4.71. The summed E-state index contributed by atoms with van der Waals surface area (Å²) in [6.45, 7) is 7.81. The van der Waals surface area contributed by atoms with Crippen LogP contribution in [0, 0.1) is 11.8 Å². The van der Waals surface area contributed by atoms with Gasteiger partial charge in [0.2, 0.25) is 5.91 Å². The minimum absolute atomic E-state index is 0.311. The Kier molecular flexibility index (Phi) is 3.41. The Labute approximate surface area is 91.5 Å². The number of hydrogen-bond acceptors (Lipinski definition) is 2. The van der Waals surface area contributed by atoms with Crippen molar-refractivity contribution in [2.24, 2.45) is 11.8 Å². The fourth-order valence-electron chi connectivity index (χ4n) is 2.53. The highest BCUT2D eigenvalue weighted by Crippen LogP contribution is 2.21. The molecular weight excluding hydrogens is 188 g/mol. The molecule has 2 aliphatic heterocycles. The molecule has 2 fully saturated rings. The molecule has 84 valence electrons. The van der Waals surface area contributed by atoms with Crippen molar-refractivity contribution in [2.75, 3.05) is 26.2 Å². The van der Waals surface area contributed by atoms with Crippen LogP contribution in [0.3, 0.4) is 0 Å². The third kappa shape index (κ3) is 2.59. The summed E-state index contributed by atoms with van der Waals surface area (Å²) in [5.41, 5.74) is 0. The van der Waals surface area contributed by atoms with Crippen LogP contribution in [0.15, 0.2) is 12.7 Å². The first-order valence-corrected chi connectivity index (χ1v) is 5.90. The second kappa shape index (κ2) is 4.79. The molecule has 2 unspecified atom stereocenters. The Morgan fingerprint density at radius 1 is 1.60 bits per heavy atom. The van der Waals surface area contributed by atoms with E-state index in [1.165, 1.54) is 12.8 Å². The first-order chi connectivity index (χ1) is 7.29. The minimum atomic E-state index is 0.311. The molecule has 2 aliphatic rings. The van der Waals surface area contributed by atoms with Crippen molar-refractivity contribution in [3.8, 4) is 0 Å². The summed E-state index contributed by atoms with van der Waals surface area (Å²) in [7, 11) is 0. The summed E-state index contributed by atoms with van der Waals surface area (Å²) in [5, 5.41) is 3.39. The predicted molar refractivity (Wildman–Crippen MR) is 60.5 cm³/mol. The van der Waals surface area contributed by atoms with Crippen LogP contribution in [0.5, 0.6) is 0 Å². The van der Waals surface area contributed by atoms with Crippen molar-refractivity contribution in [3.63, 3.8) is 0 Å². The zero-order chi connectivity index (χ0) is 10.7. The monoisotopic (exact) mass is 208 g/mol. The molecule has 1 amide bonds. The number of likely N-dealkylation sites (tertiary alicyclic amines) is 1. The Morgan fingerprint density at radius 2 is 2.47 bits per heavy atom. The van der Waals surface area contributed by atoms with Crippen molar-refractivity contribution >= 4 is 5.91 Å². The lowest BCUT2D eigenvalue weighted by molar-refractivity contribution is -0.128. The maximum absolute atomic E-state index is 11.7. The molecule has 0 radical (unpaired) electrons. The zero-order valence-corrected chi connectivity index (χ0v) is 9.24. The van der Waals surface area contributed by atoms with Crippen LogP contribution < -0.4 is 5.32 Å². The number of amides is 1. The maximum Gasteiger partial charge on any atom is 0.223 e. The number of nitrogens with one attached hydrogen (secondary N) is 1. The number of nitrogens with zero attached hydrogens (tertiary/aromatic N) is 1. The van der Waals surface area contributed by atoms with Gasteiger partial charge in [0.1, 0.15) is 0 Å². The van der Waals surface area contributed by atoms with Gasteiger partial charge in [0.05, 0.1) is 0 Å². The highest BCUT2D eigenvalue weighted by molar-refractivity contribution is 5.78. The molecule has 3 nitrogen and oxygen atoms in total. The highest BCUT2D eigenvalue weighted by atomic mass is 16.2. The van der Waals surface area contributed by atoms with E-state index in [0.717, 1.165) is 26.2 Å². The summed E-state index contributed by atoms with van der Waals surface area (Å²) in [6.07, 6.45) is 5.09. The van der Waals surface area contributed by atoms with Gasteiger partial charge in [-0.3, -0.25) is 4.79 Å². The van der Waals surface area contributed by atoms with Gasteiger partial charge in [0, 0.05) is 25.4 Å². The van der Waals surface area contributed by atoms with Crippen LogP contribution in [0.2, 0.25) is 0 Å². The Hall–Kier alpha value is -0.830. The molecule has 0 aromatic rings. The van der Waals surface area contributed by atoms with Gasteiger partial charge in [-0.2, -0.15) is 0 Å². The summed E-state index contributed by atoms with van der Waals surface area (Å²) in [6, 6.07) is 0. The highest BCUT2D eigenvalue weighted by Gasteiger charge is 2.29. The maximum atomic E-state index is 11.7. The molecule has 15 heavy (non-hydrogen) atoms. The van der Waals surface area contributed by atoms with Gasteiger partial charge in [-0.05, 0) is 31.8 Å². The number of rotatable bonds is 3. The number of carbonyl (C=O) groups excluding carboxylic acids is 1. The van der Waals surface area contributed by atoms with Crippen LogP contribution >= 0.6 is 0 Å². The summed E-state index contributed by atoms with van der Waals surface area (Å²) < 4.78 is 0. The van der Waals surface area contributed by atoms with E-state index in [1.807, 2.05) is 11.0 Å². The molecule has 1 N–H and O–H groups in total. The van der Waals surface area contributed by atoms with Crippen molar-refractivity contribution < 1.29 is 4.79 Å². The standard InChI is InChI=1S/C12H20N2O/c1-2-10-6-12(15)14(8-10)9-11-4-3-5-13-7-11/h2,10-11,13H,1,3-9H2. The summed E-state index contributed by atoms with van der Waals surface area (Å²) >= 11 is 0. The van der Waals surface area contributed by atoms with Gasteiger partial charge in [-0.25, -0.2) is 0 Å². The fourth-order valence-corrected chi connectivity index (χ4v) is 2.53. The molecule has 2 atom stereocenters. The van der Waals surface area contributed by atoms with E-state index >= 15 is 0 Å². The molecule has 3 heteroatoms. The van der Waals surface area contributed by atoms with E-state index in [2.05, 4.69) is 11.9 Å². The molecule has 0 spiro atoms. The number of hydrogen-bond donors (Lipinski definition) is 1. The first-order valence-electron chi connectivity index (χ1n) is 5.90. The van der Waals surface area contributed by atoms with Crippen molar-refractivity contribution in [2.45, 2.75) is 19.3 Å². The van der Waals surface area contributed by atoms with Crippen LogP contribution in [-0.4, -0.2) is 37.0 Å². The van der Waals surface area contributed by atoms with E-state index in [4.69, 9.17) is 0 Å². The van der Waals surface area contributed by atoms with E-state index in [-0.39, 0.29) is 0 Å². The van der Waals surface area contributed by atoms with Gasteiger partial charge < -0.3 is 10.2 Å². The molecule has 0 bridgehead atoms. The van der Waals surface area contributed by atoms with E-state index in [1.54, 1.807) is 0 Å². The second-order valence-electron chi connectivity index (χ2n) is 4.71. The molecular formula is C12H20N2O. The van der Waals surface area contributed by atoms with Crippen LogP contribution in [-0.2, 0) is 4.79 Å². The van der Waals surface area contributed by atoms with Crippen molar-refractivity contribution in [1.29, 1.82) is 0 Å². The van der Waals surface area contributed by atoms with Crippen LogP contribution in [0.4, 0.5) is 0 Å². The lowest BCUT2D eigenvalue weighted by atomic mass is 9.99. The van der Waals surface area contributed by atoms with Crippen molar-refractivity contribution in [1.82, 2.24) is 10.2 Å². The van der Waals surface area contributed by atoms with Crippen molar-refractivity contribution in [3.05, 3.63) is 12.7 Å². The molecule has 0 aliphatic carbocycles. The average Bonchev–Trinajstić information content (AvgIpc) is 2.61. The molecule has 2 saturated heterocycles. The largest absolute Gasteiger partial charge is 0.342 e. The summed E-state index contributed by atoms with van der Waals surface area (Å²) in [5.74, 6) is 1.35. The first kappa shape index (κ1) is 10.7. The molecule has 0 aromatic heterocycles. The van der Waals surface area contributed by atoms with Crippen LogP contribution in [0.1, 0.15) is 19.3 Å². The average molecular weight is 208 g/mol. The fraction of sp³-hybridized carbons (Fsp3) is 0.750. The predicted octanol–water partition coefficient (Wildman–Crippen LogP) is 1.02. The topological polar surface area (TPSA) is 32.3 Å². The third-order valence-electron chi connectivity index (χ3n) is 3.46. The van der Waals surface area contributed by atoms with Gasteiger partial charge >= 0.3 is 0 Å². The Bertz CT molecular complexity index is 246. The molecule has 2 heterocycles. The summed E-state index contributed by atoms with van der Waals surface area (Å²) in [4.78, 5) is 13.7. The Morgan fingerprint density at radius 3 is 3.07 bits per heavy atom. The van der Waals surface area contributed by atoms with Gasteiger partial charge in [-0.1, -0.05) is 6.08 Å². The van der Waals surface area contributed by atoms with Gasteiger partial charge in [0.15, 0.2) is 0 Å². The smallest absolute Gasteiger partial charge is 0.223 e. The van der Waals surface area contributed by atoms with E-state index in [0.29, 0.717) is 24.2 Å². The van der Waals surface area contributed by atoms with Crippen LogP contribution in [0.25, 0.3) is 0 Å². The molecule has 2 rings (SSSR count). The van der Waals surface area contributed by atoms with E-state index < -0.39 is 0 Å². The normalized spacial score (nSPS) is 32.0. The lowest BCUT2D eigenvalue weighted by Crippen LogP contribution is -2.38. The SMILES string of the molecule is C=CC1CC(=O)N(CC2CCCNC2)C1. The van der Waals surface area contributed by atoms with Gasteiger partial charge in [0.25, 0.3) is 0 Å². The van der Waals surface area contributed by atoms with E-state index in [9.17, 15) is 4.79 Å². The molecule has 0 saturated carbocycles.